The number of carbonyl (C=O) groups excluding carboxylic acids is 1. The number of carbonyl (C=O) groups is 1. The molecule has 1 aliphatic rings. The first-order valence-electron chi connectivity index (χ1n) is 9.82. The first-order chi connectivity index (χ1) is 14.5. The van der Waals surface area contributed by atoms with E-state index < -0.39 is 0 Å². The number of methoxy groups -OCH3 is 3. The summed E-state index contributed by atoms with van der Waals surface area (Å²) < 4.78 is 15.7. The molecule has 0 aromatic heterocycles. The number of rotatable bonds is 7. The Labute approximate surface area is 177 Å². The van der Waals surface area contributed by atoms with E-state index in [0.29, 0.717) is 30.2 Å². The van der Waals surface area contributed by atoms with Gasteiger partial charge >= 0.3 is 0 Å². The Hall–Kier alpha value is -3.19. The fourth-order valence-corrected chi connectivity index (χ4v) is 3.48. The molecule has 7 heteroatoms. The van der Waals surface area contributed by atoms with Crippen LogP contribution in [-0.2, 0) is 11.3 Å². The number of para-hydroxylation sites is 1. The Morgan fingerprint density at radius 3 is 2.17 bits per heavy atom. The van der Waals surface area contributed by atoms with Gasteiger partial charge in [0.05, 0.1) is 21.3 Å². The second-order valence-electron chi connectivity index (χ2n) is 7.02. The molecule has 7 nitrogen and oxygen atoms in total. The predicted molar refractivity (Wildman–Crippen MR) is 115 cm³/mol. The second kappa shape index (κ2) is 10.0. The molecule has 0 atom stereocenters. The van der Waals surface area contributed by atoms with Crippen molar-refractivity contribution in [3.8, 4) is 23.0 Å². The molecule has 30 heavy (non-hydrogen) atoms. The molecule has 1 heterocycles. The number of aromatic hydroxyl groups is 1. The molecule has 0 saturated carbocycles. The van der Waals surface area contributed by atoms with Gasteiger partial charge in [0.2, 0.25) is 11.7 Å². The van der Waals surface area contributed by atoms with Crippen LogP contribution < -0.4 is 14.2 Å². The lowest BCUT2D eigenvalue weighted by atomic mass is 10.1. The maximum absolute atomic E-state index is 12.6. The van der Waals surface area contributed by atoms with Crippen molar-refractivity contribution in [1.29, 1.82) is 0 Å². The van der Waals surface area contributed by atoms with Gasteiger partial charge in [0.25, 0.3) is 0 Å². The molecular formula is C23H28N2O5. The summed E-state index contributed by atoms with van der Waals surface area (Å²) in [5.74, 6) is 1.38. The monoisotopic (exact) mass is 412 g/mol. The minimum Gasteiger partial charge on any atom is -0.502 e. The maximum atomic E-state index is 12.6. The molecule has 2 aromatic rings. The first-order valence-corrected chi connectivity index (χ1v) is 9.82. The van der Waals surface area contributed by atoms with Crippen molar-refractivity contribution in [1.82, 2.24) is 9.80 Å². The average Bonchev–Trinajstić information content (AvgIpc) is 2.79. The van der Waals surface area contributed by atoms with Gasteiger partial charge in [0.15, 0.2) is 11.5 Å². The molecule has 0 radical (unpaired) electrons. The van der Waals surface area contributed by atoms with Gasteiger partial charge in [-0.3, -0.25) is 9.69 Å². The van der Waals surface area contributed by atoms with Crippen molar-refractivity contribution in [2.75, 3.05) is 47.5 Å². The number of hydrogen-bond acceptors (Lipinski definition) is 6. The second-order valence-corrected chi connectivity index (χ2v) is 7.02. The molecule has 1 aliphatic heterocycles. The smallest absolute Gasteiger partial charge is 0.246 e. The number of nitrogens with zero attached hydrogens (tertiary/aromatic N) is 2. The SMILES string of the molecule is COc1ccccc1CN1CCN(C(=O)/C=C\c2cc(OC)c(O)c(OC)c2)CC1. The van der Waals surface area contributed by atoms with E-state index in [1.165, 1.54) is 14.2 Å². The summed E-state index contributed by atoms with van der Waals surface area (Å²) in [6.07, 6.45) is 3.25. The predicted octanol–water partition coefficient (Wildman–Crippen LogP) is 2.78. The molecule has 1 amide bonds. The van der Waals surface area contributed by atoms with Crippen molar-refractivity contribution < 1.29 is 24.1 Å². The zero-order chi connectivity index (χ0) is 21.5. The molecule has 0 aliphatic carbocycles. The van der Waals surface area contributed by atoms with E-state index in [9.17, 15) is 9.90 Å². The van der Waals surface area contributed by atoms with E-state index in [1.807, 2.05) is 23.1 Å². The van der Waals surface area contributed by atoms with Crippen LogP contribution in [0, 0.1) is 0 Å². The lowest BCUT2D eigenvalue weighted by Gasteiger charge is -2.34. The summed E-state index contributed by atoms with van der Waals surface area (Å²) in [4.78, 5) is 16.8. The summed E-state index contributed by atoms with van der Waals surface area (Å²) in [6, 6.07) is 11.3. The van der Waals surface area contributed by atoms with E-state index in [1.54, 1.807) is 31.4 Å². The fraction of sp³-hybridized carbons (Fsp3) is 0.348. The summed E-state index contributed by atoms with van der Waals surface area (Å²) in [5, 5.41) is 10.00. The molecule has 1 fully saturated rings. The molecule has 160 valence electrons. The minimum absolute atomic E-state index is 0.0436. The highest BCUT2D eigenvalue weighted by atomic mass is 16.5. The Morgan fingerprint density at radius 1 is 0.967 bits per heavy atom. The Kier molecular flexibility index (Phi) is 7.19. The van der Waals surface area contributed by atoms with Crippen LogP contribution >= 0.6 is 0 Å². The standard InChI is InChI=1S/C23H28N2O5/c1-28-19-7-5-4-6-18(19)16-24-10-12-25(13-11-24)22(26)9-8-17-14-20(29-2)23(27)21(15-17)30-3/h4-9,14-15,27H,10-13,16H2,1-3H3/b9-8-. The number of hydrogen-bond donors (Lipinski definition) is 1. The van der Waals surface area contributed by atoms with Crippen molar-refractivity contribution in [2.45, 2.75) is 6.54 Å². The lowest BCUT2D eigenvalue weighted by molar-refractivity contribution is -0.127. The van der Waals surface area contributed by atoms with E-state index >= 15 is 0 Å². The molecular weight excluding hydrogens is 384 g/mol. The molecule has 0 unspecified atom stereocenters. The van der Waals surface area contributed by atoms with E-state index in [0.717, 1.165) is 30.9 Å². The first kappa shape index (κ1) is 21.5. The van der Waals surface area contributed by atoms with Gasteiger partial charge in [-0.1, -0.05) is 18.2 Å². The largest absolute Gasteiger partial charge is 0.502 e. The van der Waals surface area contributed by atoms with Crippen LogP contribution in [0.4, 0.5) is 0 Å². The van der Waals surface area contributed by atoms with Crippen LogP contribution in [-0.4, -0.2) is 68.3 Å². The van der Waals surface area contributed by atoms with Gasteiger partial charge in [-0.2, -0.15) is 0 Å². The number of phenols is 1. The Bertz CT molecular complexity index is 879. The third kappa shape index (κ3) is 5.04. The van der Waals surface area contributed by atoms with Gasteiger partial charge < -0.3 is 24.2 Å². The van der Waals surface area contributed by atoms with E-state index in [2.05, 4.69) is 11.0 Å². The highest BCUT2D eigenvalue weighted by Crippen LogP contribution is 2.37. The average molecular weight is 412 g/mol. The Morgan fingerprint density at radius 2 is 1.57 bits per heavy atom. The zero-order valence-electron chi connectivity index (χ0n) is 17.6. The third-order valence-corrected chi connectivity index (χ3v) is 5.19. The molecule has 1 N–H and O–H groups in total. The molecule has 2 aromatic carbocycles. The molecule has 1 saturated heterocycles. The zero-order valence-corrected chi connectivity index (χ0v) is 17.6. The Balaban J connectivity index is 1.58. The van der Waals surface area contributed by atoms with Crippen LogP contribution in [0.25, 0.3) is 6.08 Å². The highest BCUT2D eigenvalue weighted by molar-refractivity contribution is 5.92. The lowest BCUT2D eigenvalue weighted by Crippen LogP contribution is -2.47. The molecule has 0 bridgehead atoms. The van der Waals surface area contributed by atoms with Gasteiger partial charge in [-0.05, 0) is 29.8 Å². The summed E-state index contributed by atoms with van der Waals surface area (Å²) in [6.45, 7) is 3.74. The van der Waals surface area contributed by atoms with Gasteiger partial charge in [0, 0.05) is 44.4 Å². The van der Waals surface area contributed by atoms with Crippen molar-refractivity contribution >= 4 is 12.0 Å². The summed E-state index contributed by atoms with van der Waals surface area (Å²) in [7, 11) is 4.62. The van der Waals surface area contributed by atoms with Crippen molar-refractivity contribution in [3.63, 3.8) is 0 Å². The number of ether oxygens (including phenoxy) is 3. The fourth-order valence-electron chi connectivity index (χ4n) is 3.48. The van der Waals surface area contributed by atoms with Crippen LogP contribution in [0.3, 0.4) is 0 Å². The quantitative estimate of drug-likeness (QED) is 0.705. The van der Waals surface area contributed by atoms with Crippen LogP contribution in [0.5, 0.6) is 23.0 Å². The number of phenolic OH excluding ortho intramolecular Hbond substituents is 1. The normalized spacial score (nSPS) is 14.7. The maximum Gasteiger partial charge on any atom is 0.246 e. The molecule has 0 spiro atoms. The summed E-state index contributed by atoms with van der Waals surface area (Å²) >= 11 is 0. The number of piperazine rings is 1. The highest BCUT2D eigenvalue weighted by Gasteiger charge is 2.20. The van der Waals surface area contributed by atoms with Crippen LogP contribution in [0.2, 0.25) is 0 Å². The third-order valence-electron chi connectivity index (χ3n) is 5.19. The van der Waals surface area contributed by atoms with Crippen LogP contribution in [0.1, 0.15) is 11.1 Å². The van der Waals surface area contributed by atoms with Gasteiger partial charge in [-0.25, -0.2) is 0 Å². The topological polar surface area (TPSA) is 71.5 Å². The van der Waals surface area contributed by atoms with E-state index in [4.69, 9.17) is 14.2 Å². The van der Waals surface area contributed by atoms with Gasteiger partial charge in [0.1, 0.15) is 5.75 Å². The number of amides is 1. The van der Waals surface area contributed by atoms with Crippen LogP contribution in [0.15, 0.2) is 42.5 Å². The minimum atomic E-state index is -0.0605. The van der Waals surface area contributed by atoms with E-state index in [-0.39, 0.29) is 11.7 Å². The number of benzene rings is 2. The molecule has 3 rings (SSSR count). The van der Waals surface area contributed by atoms with Crippen molar-refractivity contribution in [2.24, 2.45) is 0 Å². The van der Waals surface area contributed by atoms with Crippen molar-refractivity contribution in [3.05, 3.63) is 53.6 Å². The van der Waals surface area contributed by atoms with Gasteiger partial charge in [-0.15, -0.1) is 0 Å². The summed E-state index contributed by atoms with van der Waals surface area (Å²) in [5.41, 5.74) is 1.86.